The van der Waals surface area contributed by atoms with Crippen LogP contribution in [0.1, 0.15) is 29.8 Å². The Hall–Kier alpha value is -3.76. The molecular weight excluding hydrogens is 521 g/mol. The van der Waals surface area contributed by atoms with Gasteiger partial charge in [0.15, 0.2) is 0 Å². The average molecular weight is 552 g/mol. The van der Waals surface area contributed by atoms with E-state index < -0.39 is 22.7 Å². The van der Waals surface area contributed by atoms with Crippen molar-refractivity contribution >= 4 is 26.9 Å². The fourth-order valence-electron chi connectivity index (χ4n) is 5.40. The van der Waals surface area contributed by atoms with Crippen LogP contribution in [-0.2, 0) is 34.3 Å². The monoisotopic (exact) mass is 551 g/mol. The molecule has 0 aliphatic carbocycles. The molecule has 0 spiro atoms. The van der Waals surface area contributed by atoms with E-state index in [4.69, 9.17) is 9.84 Å². The molecule has 0 unspecified atom stereocenters. The Labute approximate surface area is 226 Å². The molecule has 1 fully saturated rings. The lowest BCUT2D eigenvalue weighted by Gasteiger charge is -2.20. The van der Waals surface area contributed by atoms with Gasteiger partial charge in [0.1, 0.15) is 12.4 Å². The zero-order chi connectivity index (χ0) is 27.6. The maximum atomic E-state index is 14.0. The summed E-state index contributed by atoms with van der Waals surface area (Å²) in [6.07, 6.45) is 0.358. The molecule has 204 valence electrons. The molecule has 3 aromatic carbocycles. The van der Waals surface area contributed by atoms with Crippen LogP contribution < -0.4 is 4.74 Å². The maximum absolute atomic E-state index is 14.0. The Balaban J connectivity index is 1.56. The van der Waals surface area contributed by atoms with Gasteiger partial charge >= 0.3 is 5.97 Å². The van der Waals surface area contributed by atoms with E-state index >= 15 is 0 Å². The number of alkyl halides is 1. The summed E-state index contributed by atoms with van der Waals surface area (Å²) in [6.45, 7) is 1.58. The molecule has 0 saturated carbocycles. The topological polar surface area (TPSA) is 102 Å². The van der Waals surface area contributed by atoms with Crippen LogP contribution in [0.5, 0.6) is 5.75 Å². The van der Waals surface area contributed by atoms with E-state index in [1.54, 1.807) is 17.7 Å². The van der Waals surface area contributed by atoms with E-state index in [1.807, 2.05) is 54.6 Å². The van der Waals surface area contributed by atoms with Crippen molar-refractivity contribution in [2.24, 2.45) is 5.92 Å². The van der Waals surface area contributed by atoms with Crippen LogP contribution in [0, 0.1) is 5.92 Å². The van der Waals surface area contributed by atoms with Crippen LogP contribution in [0.15, 0.2) is 77.7 Å². The minimum absolute atomic E-state index is 0.0530. The van der Waals surface area contributed by atoms with Crippen LogP contribution >= 0.6 is 0 Å². The first kappa shape index (κ1) is 26.8. The molecule has 4 aromatic rings. The third kappa shape index (κ3) is 5.39. The Morgan fingerprint density at radius 2 is 1.82 bits per heavy atom. The number of fused-ring (bicyclic) bond motifs is 1. The van der Waals surface area contributed by atoms with Crippen molar-refractivity contribution in [2.75, 3.05) is 19.7 Å². The highest BCUT2D eigenvalue weighted by molar-refractivity contribution is 7.89. The molecule has 1 saturated heterocycles. The molecule has 2 atom stereocenters. The van der Waals surface area contributed by atoms with Crippen LogP contribution in [0.3, 0.4) is 0 Å². The number of carboxylic acids is 1. The van der Waals surface area contributed by atoms with Crippen LogP contribution in [0.25, 0.3) is 10.9 Å². The molecule has 2 heterocycles. The standard InChI is InChI=1S/C29H30FN3O5S/c1-2-38-23-12-13-28(21(15-23)17-30)39(36,37)32-18-22(14-20-8-4-3-5-9-20)27(19-32)33-26-11-7-6-10-24(26)25(31-33)16-29(34)35/h3-13,15,22,27H,2,14,16-19H2,1H3,(H,34,35)/t22-,27+/m1/s1. The Morgan fingerprint density at radius 1 is 1.08 bits per heavy atom. The van der Waals surface area contributed by atoms with E-state index in [0.717, 1.165) is 16.5 Å². The number of aromatic nitrogens is 2. The quantitative estimate of drug-likeness (QED) is 0.308. The number of rotatable bonds is 10. The van der Waals surface area contributed by atoms with Crippen LogP contribution in [-0.4, -0.2) is 53.3 Å². The molecule has 5 rings (SSSR count). The van der Waals surface area contributed by atoms with Gasteiger partial charge in [0.25, 0.3) is 0 Å². The minimum Gasteiger partial charge on any atom is -0.494 e. The summed E-state index contributed by atoms with van der Waals surface area (Å²) in [4.78, 5) is 11.5. The lowest BCUT2D eigenvalue weighted by Crippen LogP contribution is -2.30. The average Bonchev–Trinajstić information content (AvgIpc) is 3.51. The molecule has 1 aliphatic rings. The fraction of sp³-hybridized carbons (Fsp3) is 0.310. The summed E-state index contributed by atoms with van der Waals surface area (Å²) in [5, 5.41) is 14.9. The number of halogens is 1. The predicted molar refractivity (Wildman–Crippen MR) is 145 cm³/mol. The van der Waals surface area contributed by atoms with Crippen molar-refractivity contribution in [1.82, 2.24) is 14.1 Å². The predicted octanol–water partition coefficient (Wildman–Crippen LogP) is 4.64. The van der Waals surface area contributed by atoms with Crippen LogP contribution in [0.2, 0.25) is 0 Å². The minimum atomic E-state index is -4.04. The maximum Gasteiger partial charge on any atom is 0.309 e. The summed E-state index contributed by atoms with van der Waals surface area (Å²) < 4.78 is 50.4. The molecule has 1 aliphatic heterocycles. The number of hydrogen-bond acceptors (Lipinski definition) is 5. The lowest BCUT2D eigenvalue weighted by atomic mass is 9.95. The lowest BCUT2D eigenvalue weighted by molar-refractivity contribution is -0.136. The van der Waals surface area contributed by atoms with Gasteiger partial charge in [-0.2, -0.15) is 9.40 Å². The molecule has 39 heavy (non-hydrogen) atoms. The van der Waals surface area contributed by atoms with Crippen molar-refractivity contribution in [1.29, 1.82) is 0 Å². The van der Waals surface area contributed by atoms with E-state index in [1.165, 1.54) is 16.4 Å². The smallest absolute Gasteiger partial charge is 0.309 e. The number of carboxylic acid groups (broad SMARTS) is 1. The van der Waals surface area contributed by atoms with Crippen molar-refractivity contribution in [3.63, 3.8) is 0 Å². The van der Waals surface area contributed by atoms with Gasteiger partial charge in [0.2, 0.25) is 10.0 Å². The summed E-state index contributed by atoms with van der Waals surface area (Å²) in [6, 6.07) is 21.2. The van der Waals surface area contributed by atoms with Gasteiger partial charge in [-0.1, -0.05) is 48.5 Å². The Morgan fingerprint density at radius 3 is 2.54 bits per heavy atom. The van der Waals surface area contributed by atoms with Gasteiger partial charge in [0, 0.05) is 30.0 Å². The highest BCUT2D eigenvalue weighted by Gasteiger charge is 2.42. The van der Waals surface area contributed by atoms with Crippen molar-refractivity contribution < 1.29 is 27.4 Å². The molecule has 1 N–H and O–H groups in total. The molecule has 8 nitrogen and oxygen atoms in total. The van der Waals surface area contributed by atoms with Crippen molar-refractivity contribution in [3.8, 4) is 5.75 Å². The summed E-state index contributed by atoms with van der Waals surface area (Å²) in [7, 11) is -4.04. The Bertz CT molecular complexity index is 1590. The normalized spacial score (nSPS) is 18.0. The molecule has 1 aromatic heterocycles. The molecular formula is C29H30FN3O5S. The van der Waals surface area contributed by atoms with Gasteiger partial charge in [-0.25, -0.2) is 12.8 Å². The second-order valence-electron chi connectivity index (χ2n) is 9.65. The molecule has 10 heteroatoms. The first-order valence-electron chi connectivity index (χ1n) is 12.9. The van der Waals surface area contributed by atoms with Crippen molar-refractivity contribution in [2.45, 2.75) is 37.4 Å². The Kier molecular flexibility index (Phi) is 7.67. The van der Waals surface area contributed by atoms with E-state index in [9.17, 15) is 22.7 Å². The van der Waals surface area contributed by atoms with E-state index in [0.29, 0.717) is 24.5 Å². The van der Waals surface area contributed by atoms with Gasteiger partial charge < -0.3 is 9.84 Å². The third-order valence-corrected chi connectivity index (χ3v) is 9.07. The SMILES string of the molecule is CCOc1ccc(S(=O)(=O)N2C[C@@H](Cc3ccccc3)[C@@H](n3nc(CC(=O)O)c4ccccc43)C2)c(CF)c1. The number of hydrogen-bond donors (Lipinski definition) is 1. The highest BCUT2D eigenvalue weighted by Crippen LogP contribution is 2.37. The fourth-order valence-corrected chi connectivity index (χ4v) is 7.10. The summed E-state index contributed by atoms with van der Waals surface area (Å²) in [5.41, 5.74) is 2.29. The van der Waals surface area contributed by atoms with Gasteiger partial charge in [-0.3, -0.25) is 9.48 Å². The van der Waals surface area contributed by atoms with E-state index in [-0.39, 0.29) is 41.9 Å². The van der Waals surface area contributed by atoms with Crippen molar-refractivity contribution in [3.05, 3.63) is 89.6 Å². The first-order valence-corrected chi connectivity index (χ1v) is 14.3. The highest BCUT2D eigenvalue weighted by atomic mass is 32.2. The number of para-hydroxylation sites is 1. The summed E-state index contributed by atoms with van der Waals surface area (Å²) in [5.74, 6) is -0.727. The van der Waals surface area contributed by atoms with E-state index in [2.05, 4.69) is 0 Å². The number of benzene rings is 3. The first-order chi connectivity index (χ1) is 18.8. The zero-order valence-corrected chi connectivity index (χ0v) is 22.4. The number of carbonyl (C=O) groups is 1. The summed E-state index contributed by atoms with van der Waals surface area (Å²) >= 11 is 0. The molecule has 0 radical (unpaired) electrons. The number of nitrogens with zero attached hydrogens (tertiary/aromatic N) is 3. The number of ether oxygens (including phenoxy) is 1. The van der Waals surface area contributed by atoms with Gasteiger partial charge in [-0.05, 0) is 43.2 Å². The largest absolute Gasteiger partial charge is 0.494 e. The van der Waals surface area contributed by atoms with Crippen LogP contribution in [0.4, 0.5) is 4.39 Å². The zero-order valence-electron chi connectivity index (χ0n) is 21.5. The van der Waals surface area contributed by atoms with Gasteiger partial charge in [0.05, 0.1) is 35.2 Å². The second kappa shape index (κ2) is 11.2. The molecule has 0 bridgehead atoms. The third-order valence-electron chi connectivity index (χ3n) is 7.14. The second-order valence-corrected chi connectivity index (χ2v) is 11.6. The molecule has 0 amide bonds. The number of aliphatic carboxylic acids is 1. The van der Waals surface area contributed by atoms with Gasteiger partial charge in [-0.15, -0.1) is 0 Å². The number of sulfonamides is 1.